The monoisotopic (exact) mass is 212 g/mol. The summed E-state index contributed by atoms with van der Waals surface area (Å²) in [4.78, 5) is 0. The normalized spacial score (nSPS) is 28.8. The van der Waals surface area contributed by atoms with Crippen molar-refractivity contribution in [1.29, 1.82) is 0 Å². The number of benzene rings is 1. The van der Waals surface area contributed by atoms with Crippen LogP contribution < -0.4 is 0 Å². The van der Waals surface area contributed by atoms with Crippen LogP contribution in [0.15, 0.2) is 36.4 Å². The van der Waals surface area contributed by atoms with E-state index in [9.17, 15) is 0 Å². The Morgan fingerprint density at radius 1 is 1.00 bits per heavy atom. The predicted molar refractivity (Wildman–Crippen MR) is 68.4 cm³/mol. The molecule has 0 heterocycles. The van der Waals surface area contributed by atoms with Gasteiger partial charge in [-0.1, -0.05) is 36.4 Å². The molecule has 0 nitrogen and oxygen atoms in total. The molecule has 2 atom stereocenters. The first kappa shape index (κ1) is 10.1. The molecule has 0 saturated carbocycles. The van der Waals surface area contributed by atoms with Crippen molar-refractivity contribution in [1.82, 2.24) is 0 Å². The van der Waals surface area contributed by atoms with E-state index in [-0.39, 0.29) is 0 Å². The van der Waals surface area contributed by atoms with Gasteiger partial charge in [-0.15, -0.1) is 0 Å². The third-order valence-electron chi connectivity index (χ3n) is 4.28. The van der Waals surface area contributed by atoms with Gasteiger partial charge in [-0.25, -0.2) is 0 Å². The van der Waals surface area contributed by atoms with E-state index in [0.717, 1.165) is 11.8 Å². The van der Waals surface area contributed by atoms with Crippen LogP contribution in [0.4, 0.5) is 0 Å². The molecule has 0 aliphatic heterocycles. The lowest BCUT2D eigenvalue weighted by atomic mass is 9.74. The minimum absolute atomic E-state index is 0.863. The smallest absolute Gasteiger partial charge is 0.0202 e. The molecule has 0 spiro atoms. The topological polar surface area (TPSA) is 0 Å². The summed E-state index contributed by atoms with van der Waals surface area (Å²) in [6, 6.07) is 9.01. The average molecular weight is 212 g/mol. The van der Waals surface area contributed by atoms with Gasteiger partial charge in [0.1, 0.15) is 0 Å². The molecule has 1 aromatic carbocycles. The van der Waals surface area contributed by atoms with Crippen molar-refractivity contribution in [2.24, 2.45) is 11.8 Å². The van der Waals surface area contributed by atoms with Crippen LogP contribution in [0.2, 0.25) is 0 Å². The van der Waals surface area contributed by atoms with Crippen molar-refractivity contribution in [2.75, 3.05) is 0 Å². The molecule has 3 rings (SSSR count). The van der Waals surface area contributed by atoms with E-state index < -0.39 is 0 Å². The largest absolute Gasteiger partial charge is 0.0882 e. The van der Waals surface area contributed by atoms with Gasteiger partial charge < -0.3 is 0 Å². The summed E-state index contributed by atoms with van der Waals surface area (Å²) in [6.07, 6.45) is 13.0. The van der Waals surface area contributed by atoms with E-state index in [4.69, 9.17) is 0 Å². The predicted octanol–water partition coefficient (Wildman–Crippen LogP) is 4.15. The molecular weight excluding hydrogens is 192 g/mol. The fourth-order valence-corrected chi connectivity index (χ4v) is 3.32. The second-order valence-electron chi connectivity index (χ2n) is 5.29. The Kier molecular flexibility index (Phi) is 2.82. The fraction of sp³-hybridized carbons (Fsp3) is 0.500. The number of hydrogen-bond donors (Lipinski definition) is 0. The SMILES string of the molecule is C1=CC(C2CCc3ccccc3C2)CCC1. The maximum atomic E-state index is 2.49. The first-order valence-corrected chi connectivity index (χ1v) is 6.67. The number of rotatable bonds is 1. The van der Waals surface area contributed by atoms with Gasteiger partial charge in [0, 0.05) is 0 Å². The zero-order chi connectivity index (χ0) is 10.8. The van der Waals surface area contributed by atoms with E-state index in [2.05, 4.69) is 36.4 Å². The van der Waals surface area contributed by atoms with Gasteiger partial charge in [0.2, 0.25) is 0 Å². The van der Waals surface area contributed by atoms with E-state index in [1.165, 1.54) is 38.5 Å². The summed E-state index contributed by atoms with van der Waals surface area (Å²) in [5.74, 6) is 1.77. The Bertz CT molecular complexity index is 389. The van der Waals surface area contributed by atoms with Crippen LogP contribution in [0.1, 0.15) is 36.8 Å². The first-order valence-electron chi connectivity index (χ1n) is 6.67. The maximum Gasteiger partial charge on any atom is -0.0202 e. The van der Waals surface area contributed by atoms with Crippen molar-refractivity contribution in [3.05, 3.63) is 47.5 Å². The van der Waals surface area contributed by atoms with Crippen LogP contribution in [0.5, 0.6) is 0 Å². The lowest BCUT2D eigenvalue weighted by Crippen LogP contribution is -2.22. The lowest BCUT2D eigenvalue weighted by molar-refractivity contribution is 0.322. The standard InChI is InChI=1S/C16H20/c1-2-6-13(7-3-1)16-11-10-14-8-4-5-9-15(14)12-16/h2,4-6,8-9,13,16H,1,3,7,10-12H2. The molecular formula is C16H20. The third-order valence-corrected chi connectivity index (χ3v) is 4.28. The van der Waals surface area contributed by atoms with Gasteiger partial charge in [-0.05, 0) is 61.5 Å². The molecule has 2 aliphatic rings. The highest BCUT2D eigenvalue weighted by molar-refractivity contribution is 5.30. The molecule has 16 heavy (non-hydrogen) atoms. The number of hydrogen-bond acceptors (Lipinski definition) is 0. The molecule has 0 amide bonds. The van der Waals surface area contributed by atoms with Gasteiger partial charge >= 0.3 is 0 Å². The lowest BCUT2D eigenvalue weighted by Gasteiger charge is -2.31. The second kappa shape index (κ2) is 4.45. The highest BCUT2D eigenvalue weighted by Crippen LogP contribution is 2.34. The molecule has 0 radical (unpaired) electrons. The van der Waals surface area contributed by atoms with E-state index in [1.807, 2.05) is 0 Å². The summed E-state index contributed by atoms with van der Waals surface area (Å²) < 4.78 is 0. The van der Waals surface area contributed by atoms with Crippen molar-refractivity contribution < 1.29 is 0 Å². The minimum atomic E-state index is 0.863. The molecule has 2 aliphatic carbocycles. The highest BCUT2D eigenvalue weighted by Gasteiger charge is 2.24. The molecule has 84 valence electrons. The Morgan fingerprint density at radius 3 is 2.69 bits per heavy atom. The van der Waals surface area contributed by atoms with Gasteiger partial charge in [0.15, 0.2) is 0 Å². The highest BCUT2D eigenvalue weighted by atomic mass is 14.3. The Morgan fingerprint density at radius 2 is 1.88 bits per heavy atom. The minimum Gasteiger partial charge on any atom is -0.0882 e. The molecule has 0 bridgehead atoms. The zero-order valence-corrected chi connectivity index (χ0v) is 9.86. The second-order valence-corrected chi connectivity index (χ2v) is 5.29. The van der Waals surface area contributed by atoms with E-state index in [0.29, 0.717) is 0 Å². The Balaban J connectivity index is 1.77. The summed E-state index contributed by atoms with van der Waals surface area (Å²) in [7, 11) is 0. The fourth-order valence-electron chi connectivity index (χ4n) is 3.32. The van der Waals surface area contributed by atoms with Gasteiger partial charge in [-0.3, -0.25) is 0 Å². The molecule has 0 N–H and O–H groups in total. The maximum absolute atomic E-state index is 2.49. The Labute approximate surface area is 98.4 Å². The number of fused-ring (bicyclic) bond motifs is 1. The summed E-state index contributed by atoms with van der Waals surface area (Å²) in [5, 5.41) is 0. The molecule has 1 aromatic rings. The van der Waals surface area contributed by atoms with Crippen molar-refractivity contribution in [2.45, 2.75) is 38.5 Å². The number of aryl methyl sites for hydroxylation is 1. The number of allylic oxidation sites excluding steroid dienone is 2. The molecule has 0 aromatic heterocycles. The van der Waals surface area contributed by atoms with E-state index >= 15 is 0 Å². The molecule has 0 saturated heterocycles. The van der Waals surface area contributed by atoms with Gasteiger partial charge in [-0.2, -0.15) is 0 Å². The van der Waals surface area contributed by atoms with Crippen LogP contribution in [0, 0.1) is 11.8 Å². The zero-order valence-electron chi connectivity index (χ0n) is 9.86. The van der Waals surface area contributed by atoms with Crippen LogP contribution in [-0.2, 0) is 12.8 Å². The average Bonchev–Trinajstić information content (AvgIpc) is 2.39. The van der Waals surface area contributed by atoms with Gasteiger partial charge in [0.05, 0.1) is 0 Å². The van der Waals surface area contributed by atoms with Gasteiger partial charge in [0.25, 0.3) is 0 Å². The van der Waals surface area contributed by atoms with Crippen LogP contribution in [0.3, 0.4) is 0 Å². The summed E-state index contributed by atoms with van der Waals surface area (Å²) >= 11 is 0. The van der Waals surface area contributed by atoms with Crippen molar-refractivity contribution >= 4 is 0 Å². The Hall–Kier alpha value is -1.04. The third kappa shape index (κ3) is 1.93. The van der Waals surface area contributed by atoms with Crippen LogP contribution in [0.25, 0.3) is 0 Å². The quantitative estimate of drug-likeness (QED) is 0.613. The summed E-state index contributed by atoms with van der Waals surface area (Å²) in [6.45, 7) is 0. The van der Waals surface area contributed by atoms with E-state index in [1.54, 1.807) is 11.1 Å². The van der Waals surface area contributed by atoms with Crippen LogP contribution >= 0.6 is 0 Å². The van der Waals surface area contributed by atoms with Crippen LogP contribution in [-0.4, -0.2) is 0 Å². The van der Waals surface area contributed by atoms with Crippen molar-refractivity contribution in [3.63, 3.8) is 0 Å². The summed E-state index contributed by atoms with van der Waals surface area (Å²) in [5.41, 5.74) is 3.20. The molecule has 2 unspecified atom stereocenters. The van der Waals surface area contributed by atoms with Crippen molar-refractivity contribution in [3.8, 4) is 0 Å². The molecule has 0 fully saturated rings. The molecule has 0 heteroatoms. The first-order chi connectivity index (χ1) is 7.93.